The molecule has 7 heteroatoms. The smallest absolute Gasteiger partial charge is 0.274 e. The number of carbonyl (C=O) groups is 2. The number of carbonyl (C=O) groups excluding carboxylic acids is 2. The molecule has 2 amide bonds. The molecule has 2 aliphatic heterocycles. The van der Waals surface area contributed by atoms with Crippen LogP contribution in [0.5, 0.6) is 0 Å². The molecular weight excluding hydrogens is 260 g/mol. The van der Waals surface area contributed by atoms with Gasteiger partial charge >= 0.3 is 0 Å². The van der Waals surface area contributed by atoms with Gasteiger partial charge in [0.1, 0.15) is 0 Å². The van der Waals surface area contributed by atoms with Crippen molar-refractivity contribution < 1.29 is 14.3 Å². The third kappa shape index (κ3) is 2.53. The molecular formula is C13H18N4O3. The monoisotopic (exact) mass is 278 g/mol. The first-order valence-corrected chi connectivity index (χ1v) is 6.91. The number of amides is 2. The van der Waals surface area contributed by atoms with Crippen LogP contribution in [0.4, 0.5) is 0 Å². The summed E-state index contributed by atoms with van der Waals surface area (Å²) in [6, 6.07) is 1.81. The van der Waals surface area contributed by atoms with Crippen molar-refractivity contribution in [1.82, 2.24) is 19.6 Å². The van der Waals surface area contributed by atoms with E-state index in [1.165, 1.54) is 0 Å². The van der Waals surface area contributed by atoms with Gasteiger partial charge < -0.3 is 14.5 Å². The molecule has 20 heavy (non-hydrogen) atoms. The van der Waals surface area contributed by atoms with E-state index in [1.54, 1.807) is 15.9 Å². The minimum absolute atomic E-state index is 0.0495. The Labute approximate surface area is 117 Å². The zero-order valence-corrected chi connectivity index (χ0v) is 11.3. The summed E-state index contributed by atoms with van der Waals surface area (Å²) in [5.74, 6) is -0.0495. The van der Waals surface area contributed by atoms with Gasteiger partial charge in [0.2, 0.25) is 6.41 Å². The lowest BCUT2D eigenvalue weighted by Crippen LogP contribution is -2.40. The minimum atomic E-state index is -0.0495. The van der Waals surface area contributed by atoms with Crippen molar-refractivity contribution in [3.8, 4) is 0 Å². The zero-order chi connectivity index (χ0) is 13.9. The lowest BCUT2D eigenvalue weighted by molar-refractivity contribution is -0.118. The first-order chi connectivity index (χ1) is 9.78. The summed E-state index contributed by atoms with van der Waals surface area (Å²) in [5.41, 5.74) is 1.39. The number of rotatable bonds is 2. The maximum atomic E-state index is 12.4. The quantitative estimate of drug-likeness (QED) is 0.698. The lowest BCUT2D eigenvalue weighted by atomic mass is 10.3. The van der Waals surface area contributed by atoms with Crippen LogP contribution >= 0.6 is 0 Å². The number of fused-ring (bicyclic) bond motifs is 1. The number of aryl methyl sites for hydroxylation is 1. The van der Waals surface area contributed by atoms with Gasteiger partial charge in [-0.15, -0.1) is 0 Å². The molecule has 0 N–H and O–H groups in total. The number of hydrogen-bond donors (Lipinski definition) is 0. The van der Waals surface area contributed by atoms with E-state index in [0.29, 0.717) is 38.5 Å². The fourth-order valence-corrected chi connectivity index (χ4v) is 2.61. The van der Waals surface area contributed by atoms with Crippen molar-refractivity contribution in [2.45, 2.75) is 19.5 Å². The average molecular weight is 278 g/mol. The predicted octanol–water partition coefficient (Wildman–Crippen LogP) is -0.282. The summed E-state index contributed by atoms with van der Waals surface area (Å²) in [5, 5.41) is 4.40. The van der Waals surface area contributed by atoms with E-state index in [-0.39, 0.29) is 5.91 Å². The van der Waals surface area contributed by atoms with E-state index < -0.39 is 0 Å². The zero-order valence-electron chi connectivity index (χ0n) is 11.3. The van der Waals surface area contributed by atoms with Gasteiger partial charge in [-0.25, -0.2) is 0 Å². The van der Waals surface area contributed by atoms with Crippen molar-refractivity contribution in [3.05, 3.63) is 17.5 Å². The summed E-state index contributed by atoms with van der Waals surface area (Å²) in [6.45, 7) is 4.39. The highest BCUT2D eigenvalue weighted by Crippen LogP contribution is 2.14. The third-order valence-corrected chi connectivity index (χ3v) is 3.71. The molecule has 7 nitrogen and oxygen atoms in total. The largest absolute Gasteiger partial charge is 0.378 e. The number of aromatic nitrogens is 2. The molecule has 0 aliphatic carbocycles. The fraction of sp³-hybridized carbons (Fsp3) is 0.615. The molecule has 1 aromatic rings. The normalized spacial score (nSPS) is 19.4. The van der Waals surface area contributed by atoms with Gasteiger partial charge in [-0.1, -0.05) is 0 Å². The molecule has 108 valence electrons. The molecule has 0 saturated carbocycles. The van der Waals surface area contributed by atoms with Gasteiger partial charge in [-0.2, -0.15) is 5.10 Å². The highest BCUT2D eigenvalue weighted by molar-refractivity contribution is 5.92. The second-order valence-corrected chi connectivity index (χ2v) is 5.08. The Morgan fingerprint density at radius 2 is 2.05 bits per heavy atom. The first kappa shape index (κ1) is 13.1. The minimum Gasteiger partial charge on any atom is -0.378 e. The Balaban J connectivity index is 1.78. The van der Waals surface area contributed by atoms with Crippen LogP contribution in [0.15, 0.2) is 6.07 Å². The van der Waals surface area contributed by atoms with Gasteiger partial charge in [0.15, 0.2) is 5.69 Å². The van der Waals surface area contributed by atoms with E-state index in [4.69, 9.17) is 4.74 Å². The Morgan fingerprint density at radius 1 is 1.25 bits per heavy atom. The summed E-state index contributed by atoms with van der Waals surface area (Å²) in [6.07, 6.45) is 1.71. The van der Waals surface area contributed by atoms with Crippen molar-refractivity contribution in [3.63, 3.8) is 0 Å². The molecule has 0 spiro atoms. The van der Waals surface area contributed by atoms with Crippen LogP contribution in [0.25, 0.3) is 0 Å². The molecule has 0 aromatic carbocycles. The van der Waals surface area contributed by atoms with E-state index in [1.807, 2.05) is 4.68 Å². The summed E-state index contributed by atoms with van der Waals surface area (Å²) >= 11 is 0. The maximum Gasteiger partial charge on any atom is 0.274 e. The third-order valence-electron chi connectivity index (χ3n) is 3.71. The van der Waals surface area contributed by atoms with Gasteiger partial charge in [0.05, 0.1) is 25.5 Å². The van der Waals surface area contributed by atoms with E-state index in [2.05, 4.69) is 5.10 Å². The second-order valence-electron chi connectivity index (χ2n) is 5.08. The Kier molecular flexibility index (Phi) is 3.68. The van der Waals surface area contributed by atoms with Gasteiger partial charge in [0, 0.05) is 26.2 Å². The number of hydrogen-bond acceptors (Lipinski definition) is 4. The van der Waals surface area contributed by atoms with Crippen molar-refractivity contribution >= 4 is 12.3 Å². The molecule has 1 fully saturated rings. The van der Waals surface area contributed by atoms with Crippen LogP contribution in [0, 0.1) is 0 Å². The van der Waals surface area contributed by atoms with E-state index >= 15 is 0 Å². The van der Waals surface area contributed by atoms with E-state index in [9.17, 15) is 9.59 Å². The Morgan fingerprint density at radius 3 is 2.80 bits per heavy atom. The van der Waals surface area contributed by atoms with Crippen LogP contribution in [-0.2, 0) is 22.6 Å². The predicted molar refractivity (Wildman–Crippen MR) is 70.0 cm³/mol. The summed E-state index contributed by atoms with van der Waals surface area (Å²) in [4.78, 5) is 26.8. The van der Waals surface area contributed by atoms with Crippen LogP contribution in [-0.4, -0.2) is 64.7 Å². The second kappa shape index (κ2) is 5.62. The Bertz CT molecular complexity index is 508. The van der Waals surface area contributed by atoms with Crippen LogP contribution < -0.4 is 0 Å². The Hall–Kier alpha value is -1.89. The molecule has 0 bridgehead atoms. The van der Waals surface area contributed by atoms with Crippen LogP contribution in [0.3, 0.4) is 0 Å². The average Bonchev–Trinajstić information content (AvgIpc) is 2.79. The molecule has 3 rings (SSSR count). The molecule has 2 aliphatic rings. The fourth-order valence-electron chi connectivity index (χ4n) is 2.61. The molecule has 1 aromatic heterocycles. The van der Waals surface area contributed by atoms with Gasteiger partial charge in [0.25, 0.3) is 5.91 Å². The van der Waals surface area contributed by atoms with E-state index in [0.717, 1.165) is 31.6 Å². The lowest BCUT2D eigenvalue weighted by Gasteiger charge is -2.25. The summed E-state index contributed by atoms with van der Waals surface area (Å²) in [7, 11) is 0. The molecule has 0 radical (unpaired) electrons. The van der Waals surface area contributed by atoms with Crippen LogP contribution in [0.1, 0.15) is 22.6 Å². The summed E-state index contributed by atoms with van der Waals surface area (Å²) < 4.78 is 7.09. The van der Waals surface area contributed by atoms with Crippen molar-refractivity contribution in [1.29, 1.82) is 0 Å². The van der Waals surface area contributed by atoms with Crippen molar-refractivity contribution in [2.24, 2.45) is 0 Å². The standard InChI is InChI=1S/C13H18N4O3/c18-10-15-2-1-3-17-11(9-15)8-12(14-17)13(19)16-4-6-20-7-5-16/h8,10H,1-7,9H2. The SMILES string of the molecule is O=CN1CCCn2nc(C(=O)N3CCOCC3)cc2C1. The molecule has 1 saturated heterocycles. The van der Waals surface area contributed by atoms with Crippen molar-refractivity contribution in [2.75, 3.05) is 32.8 Å². The molecule has 0 atom stereocenters. The number of morpholine rings is 1. The highest BCUT2D eigenvalue weighted by atomic mass is 16.5. The first-order valence-electron chi connectivity index (χ1n) is 6.91. The topological polar surface area (TPSA) is 67.7 Å². The number of ether oxygens (including phenoxy) is 1. The highest BCUT2D eigenvalue weighted by Gasteiger charge is 2.23. The molecule has 0 unspecified atom stereocenters. The van der Waals surface area contributed by atoms with Gasteiger partial charge in [-0.3, -0.25) is 14.3 Å². The van der Waals surface area contributed by atoms with Crippen LogP contribution in [0.2, 0.25) is 0 Å². The maximum absolute atomic E-state index is 12.4. The van der Waals surface area contributed by atoms with Gasteiger partial charge in [-0.05, 0) is 12.5 Å². The molecule has 3 heterocycles. The number of nitrogens with zero attached hydrogens (tertiary/aromatic N) is 4.